The minimum atomic E-state index is -0.256. The first-order valence-corrected chi connectivity index (χ1v) is 6.79. The molecule has 0 atom stereocenters. The van der Waals surface area contributed by atoms with Gasteiger partial charge < -0.3 is 10.2 Å². The van der Waals surface area contributed by atoms with Crippen molar-refractivity contribution in [2.75, 3.05) is 11.9 Å². The van der Waals surface area contributed by atoms with Gasteiger partial charge in [0.05, 0.1) is 6.21 Å². The number of nitrogens with one attached hydrogen (secondary N) is 1. The number of hydrogen-bond acceptors (Lipinski definition) is 3. The minimum Gasteiger partial charge on any atom is -0.386 e. The van der Waals surface area contributed by atoms with Crippen LogP contribution < -0.4 is 5.32 Å². The van der Waals surface area contributed by atoms with Gasteiger partial charge in [-0.25, -0.2) is 0 Å². The highest BCUT2D eigenvalue weighted by Crippen LogP contribution is 2.09. The van der Waals surface area contributed by atoms with Crippen LogP contribution in [0.2, 0.25) is 5.02 Å². The fraction of sp³-hybridized carbons (Fsp3) is 0.125. The second kappa shape index (κ2) is 7.45. The van der Waals surface area contributed by atoms with Crippen molar-refractivity contribution in [1.29, 1.82) is 0 Å². The van der Waals surface area contributed by atoms with Crippen LogP contribution in [0.5, 0.6) is 0 Å². The molecule has 0 aliphatic carbocycles. The number of hydrogen-bond donors (Lipinski definition) is 1. The van der Waals surface area contributed by atoms with Crippen LogP contribution in [-0.2, 0) is 9.63 Å². The maximum Gasteiger partial charge on any atom is 0.265 e. The summed E-state index contributed by atoms with van der Waals surface area (Å²) in [5.74, 6) is -0.256. The number of nitrogens with zero attached hydrogens (tertiary/aromatic N) is 1. The van der Waals surface area contributed by atoms with Gasteiger partial charge in [0.2, 0.25) is 0 Å². The van der Waals surface area contributed by atoms with E-state index < -0.39 is 0 Å². The van der Waals surface area contributed by atoms with Crippen LogP contribution in [0.25, 0.3) is 0 Å². The molecule has 0 aliphatic heterocycles. The Bertz CT molecular complexity index is 639. The van der Waals surface area contributed by atoms with Gasteiger partial charge >= 0.3 is 0 Å². The van der Waals surface area contributed by atoms with E-state index in [1.54, 1.807) is 12.1 Å². The molecule has 0 saturated carbocycles. The van der Waals surface area contributed by atoms with Crippen molar-refractivity contribution in [1.82, 2.24) is 0 Å². The fourth-order valence-electron chi connectivity index (χ4n) is 1.66. The third kappa shape index (κ3) is 5.28. The van der Waals surface area contributed by atoms with E-state index in [4.69, 9.17) is 16.4 Å². The first-order valence-electron chi connectivity index (χ1n) is 6.41. The van der Waals surface area contributed by atoms with Gasteiger partial charge in [-0.3, -0.25) is 4.79 Å². The fourth-order valence-corrected chi connectivity index (χ4v) is 1.79. The summed E-state index contributed by atoms with van der Waals surface area (Å²) in [6.07, 6.45) is 1.52. The van der Waals surface area contributed by atoms with Gasteiger partial charge in [0.15, 0.2) is 6.61 Å². The number of aryl methyl sites for hydroxylation is 1. The van der Waals surface area contributed by atoms with Crippen molar-refractivity contribution in [2.45, 2.75) is 6.92 Å². The van der Waals surface area contributed by atoms with Crippen molar-refractivity contribution in [3.8, 4) is 0 Å². The Morgan fingerprint density at radius 3 is 2.76 bits per heavy atom. The van der Waals surface area contributed by atoms with Crippen LogP contribution >= 0.6 is 11.6 Å². The summed E-state index contributed by atoms with van der Waals surface area (Å²) in [6.45, 7) is 1.82. The van der Waals surface area contributed by atoms with Gasteiger partial charge in [0, 0.05) is 10.7 Å². The lowest BCUT2D eigenvalue weighted by Gasteiger charge is -2.04. The van der Waals surface area contributed by atoms with Gasteiger partial charge in [0.1, 0.15) is 0 Å². The van der Waals surface area contributed by atoms with Gasteiger partial charge in [-0.15, -0.1) is 0 Å². The van der Waals surface area contributed by atoms with E-state index in [2.05, 4.69) is 10.5 Å². The predicted molar refractivity (Wildman–Crippen MR) is 84.8 cm³/mol. The van der Waals surface area contributed by atoms with Crippen LogP contribution in [0.1, 0.15) is 11.1 Å². The average molecular weight is 303 g/mol. The van der Waals surface area contributed by atoms with Crippen molar-refractivity contribution in [3.05, 3.63) is 64.7 Å². The van der Waals surface area contributed by atoms with E-state index in [-0.39, 0.29) is 12.5 Å². The zero-order valence-electron chi connectivity index (χ0n) is 11.5. The highest BCUT2D eigenvalue weighted by molar-refractivity contribution is 6.30. The van der Waals surface area contributed by atoms with Crippen molar-refractivity contribution in [3.63, 3.8) is 0 Å². The number of amides is 1. The van der Waals surface area contributed by atoms with E-state index in [1.165, 1.54) is 6.21 Å². The smallest absolute Gasteiger partial charge is 0.265 e. The lowest BCUT2D eigenvalue weighted by atomic mass is 10.2. The minimum absolute atomic E-state index is 0.141. The molecule has 5 heteroatoms. The van der Waals surface area contributed by atoms with Gasteiger partial charge in [-0.2, -0.15) is 0 Å². The maximum absolute atomic E-state index is 11.7. The van der Waals surface area contributed by atoms with E-state index >= 15 is 0 Å². The Morgan fingerprint density at radius 1 is 1.29 bits per heavy atom. The molecular formula is C16H15ClN2O2. The topological polar surface area (TPSA) is 50.7 Å². The summed E-state index contributed by atoms with van der Waals surface area (Å²) in [5, 5.41) is 7.13. The lowest BCUT2D eigenvalue weighted by molar-refractivity contribution is -0.120. The molecule has 0 spiro atoms. The molecule has 1 N–H and O–H groups in total. The third-order valence-electron chi connectivity index (χ3n) is 2.64. The van der Waals surface area contributed by atoms with Crippen molar-refractivity contribution < 1.29 is 9.63 Å². The van der Waals surface area contributed by atoms with Crippen LogP contribution in [-0.4, -0.2) is 18.7 Å². The lowest BCUT2D eigenvalue weighted by Crippen LogP contribution is -2.16. The Hall–Kier alpha value is -2.33. The Labute approximate surface area is 128 Å². The molecular weight excluding hydrogens is 288 g/mol. The zero-order chi connectivity index (χ0) is 15.1. The number of halogens is 1. The molecule has 0 saturated heterocycles. The third-order valence-corrected chi connectivity index (χ3v) is 2.90. The summed E-state index contributed by atoms with van der Waals surface area (Å²) in [5.41, 5.74) is 2.67. The zero-order valence-corrected chi connectivity index (χ0v) is 12.3. The van der Waals surface area contributed by atoms with Crippen LogP contribution in [0.3, 0.4) is 0 Å². The highest BCUT2D eigenvalue weighted by Gasteiger charge is 2.02. The summed E-state index contributed by atoms with van der Waals surface area (Å²) in [7, 11) is 0. The molecule has 2 aromatic carbocycles. The molecule has 0 bridgehead atoms. The number of carbonyl (C=O) groups excluding carboxylic acids is 1. The second-order valence-corrected chi connectivity index (χ2v) is 4.91. The summed E-state index contributed by atoms with van der Waals surface area (Å²) in [4.78, 5) is 16.6. The van der Waals surface area contributed by atoms with Gasteiger partial charge in [0.25, 0.3) is 5.91 Å². The van der Waals surface area contributed by atoms with E-state index in [9.17, 15) is 4.79 Å². The van der Waals surface area contributed by atoms with Crippen LogP contribution in [0, 0.1) is 6.92 Å². The molecule has 0 heterocycles. The SMILES string of the molecule is Cc1cccc(NC(=O)CO/N=C\c2ccc(Cl)cc2)c1. The van der Waals surface area contributed by atoms with Gasteiger partial charge in [-0.05, 0) is 42.3 Å². The summed E-state index contributed by atoms with van der Waals surface area (Å²) < 4.78 is 0. The molecule has 0 aliphatic rings. The summed E-state index contributed by atoms with van der Waals surface area (Å²) >= 11 is 5.77. The van der Waals surface area contributed by atoms with E-state index in [1.807, 2.05) is 43.3 Å². The summed E-state index contributed by atoms with van der Waals surface area (Å²) in [6, 6.07) is 14.7. The predicted octanol–water partition coefficient (Wildman–Crippen LogP) is 3.64. The number of rotatable bonds is 5. The van der Waals surface area contributed by atoms with Crippen molar-refractivity contribution in [2.24, 2.45) is 5.16 Å². The highest BCUT2D eigenvalue weighted by atomic mass is 35.5. The van der Waals surface area contributed by atoms with Crippen LogP contribution in [0.4, 0.5) is 5.69 Å². The molecule has 0 unspecified atom stereocenters. The van der Waals surface area contributed by atoms with Crippen molar-refractivity contribution >= 4 is 29.4 Å². The molecule has 0 radical (unpaired) electrons. The molecule has 0 fully saturated rings. The number of benzene rings is 2. The molecule has 21 heavy (non-hydrogen) atoms. The number of carbonyl (C=O) groups is 1. The monoisotopic (exact) mass is 302 g/mol. The molecule has 0 aromatic heterocycles. The van der Waals surface area contributed by atoms with Crippen LogP contribution in [0.15, 0.2) is 53.7 Å². The standard InChI is InChI=1S/C16H15ClN2O2/c1-12-3-2-4-15(9-12)19-16(20)11-21-18-10-13-5-7-14(17)8-6-13/h2-10H,11H2,1H3,(H,19,20)/b18-10-. The normalized spacial score (nSPS) is 10.6. The molecule has 2 aromatic rings. The van der Waals surface area contributed by atoms with E-state index in [0.717, 1.165) is 16.8 Å². The first-order chi connectivity index (χ1) is 10.1. The second-order valence-electron chi connectivity index (χ2n) is 4.48. The Morgan fingerprint density at radius 2 is 2.05 bits per heavy atom. The maximum atomic E-state index is 11.7. The number of oxime groups is 1. The Balaban J connectivity index is 1.78. The molecule has 2 rings (SSSR count). The molecule has 108 valence electrons. The van der Waals surface area contributed by atoms with Gasteiger partial charge in [-0.1, -0.05) is 41.0 Å². The first kappa shape index (κ1) is 15.1. The van der Waals surface area contributed by atoms with E-state index in [0.29, 0.717) is 5.02 Å². The average Bonchev–Trinajstić information content (AvgIpc) is 2.45. The largest absolute Gasteiger partial charge is 0.386 e. The molecule has 4 nitrogen and oxygen atoms in total. The number of anilines is 1. The Kier molecular flexibility index (Phi) is 5.35. The molecule has 1 amide bonds. The quantitative estimate of drug-likeness (QED) is 0.677.